The van der Waals surface area contributed by atoms with Crippen LogP contribution in [0.2, 0.25) is 0 Å². The summed E-state index contributed by atoms with van der Waals surface area (Å²) in [6.07, 6.45) is 3.03. The van der Waals surface area contributed by atoms with E-state index in [2.05, 4.69) is 10.6 Å². The number of rotatable bonds is 12. The molecule has 20 heavy (non-hydrogen) atoms. The van der Waals surface area contributed by atoms with Gasteiger partial charge in [-0.2, -0.15) is 0 Å². The van der Waals surface area contributed by atoms with Gasteiger partial charge in [-0.25, -0.2) is 0 Å². The van der Waals surface area contributed by atoms with Crippen molar-refractivity contribution in [3.05, 3.63) is 0 Å². The van der Waals surface area contributed by atoms with Crippen LogP contribution in [-0.2, 0) is 14.3 Å². The van der Waals surface area contributed by atoms with E-state index >= 15 is 0 Å². The van der Waals surface area contributed by atoms with E-state index in [1.807, 2.05) is 6.92 Å². The molecule has 6 nitrogen and oxygen atoms in total. The molecule has 1 aliphatic carbocycles. The van der Waals surface area contributed by atoms with E-state index in [1.165, 1.54) is 0 Å². The van der Waals surface area contributed by atoms with E-state index in [-0.39, 0.29) is 12.0 Å². The van der Waals surface area contributed by atoms with E-state index in [0.717, 1.165) is 25.8 Å². The van der Waals surface area contributed by atoms with Gasteiger partial charge in [-0.3, -0.25) is 4.79 Å². The zero-order chi connectivity index (χ0) is 14.8. The molecule has 1 aliphatic rings. The maximum absolute atomic E-state index is 11.4. The molecule has 2 unspecified atom stereocenters. The minimum Gasteiger partial charge on any atom is -0.389 e. The van der Waals surface area contributed by atoms with Crippen LogP contribution >= 0.6 is 0 Å². The molecule has 0 aliphatic heterocycles. The number of hydrogen-bond acceptors (Lipinski definition) is 5. The Morgan fingerprint density at radius 1 is 1.40 bits per heavy atom. The molecule has 118 valence electrons. The van der Waals surface area contributed by atoms with Gasteiger partial charge in [0.15, 0.2) is 0 Å². The van der Waals surface area contributed by atoms with E-state index in [0.29, 0.717) is 32.2 Å². The number of carbonyl (C=O) groups is 1. The highest BCUT2D eigenvalue weighted by atomic mass is 16.5. The average Bonchev–Trinajstić information content (AvgIpc) is 3.20. The largest absolute Gasteiger partial charge is 0.389 e. The SMILES string of the molecule is COCC(C)OCC(O)CNCCCC(=O)NC1CC1. The second-order valence-corrected chi connectivity index (χ2v) is 5.40. The van der Waals surface area contributed by atoms with Gasteiger partial charge in [-0.15, -0.1) is 0 Å². The third kappa shape index (κ3) is 9.25. The molecule has 0 bridgehead atoms. The topological polar surface area (TPSA) is 79.8 Å². The second kappa shape index (κ2) is 10.1. The normalized spacial score (nSPS) is 17.8. The Kier molecular flexibility index (Phi) is 8.77. The third-order valence-corrected chi connectivity index (χ3v) is 3.05. The lowest BCUT2D eigenvalue weighted by Gasteiger charge is -2.16. The fourth-order valence-electron chi connectivity index (χ4n) is 1.79. The summed E-state index contributed by atoms with van der Waals surface area (Å²) in [5, 5.41) is 15.8. The van der Waals surface area contributed by atoms with Crippen molar-refractivity contribution in [2.45, 2.75) is 50.9 Å². The first kappa shape index (κ1) is 17.4. The number of nitrogens with one attached hydrogen (secondary N) is 2. The maximum Gasteiger partial charge on any atom is 0.220 e. The van der Waals surface area contributed by atoms with Gasteiger partial charge in [-0.05, 0) is 32.7 Å². The van der Waals surface area contributed by atoms with E-state index in [4.69, 9.17) is 9.47 Å². The summed E-state index contributed by atoms with van der Waals surface area (Å²) in [6.45, 7) is 3.92. The molecule has 0 aromatic rings. The summed E-state index contributed by atoms with van der Waals surface area (Å²) >= 11 is 0. The van der Waals surface area contributed by atoms with Crippen LogP contribution in [0.5, 0.6) is 0 Å². The first-order valence-corrected chi connectivity index (χ1v) is 7.40. The Hall–Kier alpha value is -0.690. The predicted octanol–water partition coefficient (Wildman–Crippen LogP) is 0.0472. The van der Waals surface area contributed by atoms with Gasteiger partial charge in [0.25, 0.3) is 0 Å². The molecule has 1 fully saturated rings. The number of aliphatic hydroxyl groups is 1. The maximum atomic E-state index is 11.4. The molecule has 0 radical (unpaired) electrons. The van der Waals surface area contributed by atoms with Crippen LogP contribution in [0.4, 0.5) is 0 Å². The summed E-state index contributed by atoms with van der Waals surface area (Å²) in [7, 11) is 1.62. The van der Waals surface area contributed by atoms with Crippen molar-refractivity contribution in [1.29, 1.82) is 0 Å². The van der Waals surface area contributed by atoms with Crippen molar-refractivity contribution in [3.8, 4) is 0 Å². The summed E-state index contributed by atoms with van der Waals surface area (Å²) in [5.74, 6) is 0.131. The van der Waals surface area contributed by atoms with Crippen molar-refractivity contribution >= 4 is 5.91 Å². The second-order valence-electron chi connectivity index (χ2n) is 5.40. The highest BCUT2D eigenvalue weighted by Crippen LogP contribution is 2.18. The molecule has 1 amide bonds. The number of hydrogen-bond donors (Lipinski definition) is 3. The zero-order valence-electron chi connectivity index (χ0n) is 12.6. The van der Waals surface area contributed by atoms with Crippen LogP contribution in [0.25, 0.3) is 0 Å². The Bertz CT molecular complexity index is 272. The number of aliphatic hydroxyl groups excluding tert-OH is 1. The Labute approximate surface area is 121 Å². The van der Waals surface area contributed by atoms with Gasteiger partial charge in [-0.1, -0.05) is 0 Å². The number of methoxy groups -OCH3 is 1. The van der Waals surface area contributed by atoms with Crippen molar-refractivity contribution in [1.82, 2.24) is 10.6 Å². The van der Waals surface area contributed by atoms with Crippen molar-refractivity contribution in [2.75, 3.05) is 33.4 Å². The van der Waals surface area contributed by atoms with Gasteiger partial charge in [0.2, 0.25) is 5.91 Å². The lowest BCUT2D eigenvalue weighted by Crippen LogP contribution is -2.33. The quantitative estimate of drug-likeness (QED) is 0.442. The first-order chi connectivity index (χ1) is 9.61. The minimum atomic E-state index is -0.533. The van der Waals surface area contributed by atoms with Crippen molar-refractivity contribution in [2.24, 2.45) is 0 Å². The average molecular weight is 288 g/mol. The van der Waals surface area contributed by atoms with E-state index in [1.54, 1.807) is 7.11 Å². The lowest BCUT2D eigenvalue weighted by atomic mass is 10.3. The zero-order valence-corrected chi connectivity index (χ0v) is 12.6. The molecule has 6 heteroatoms. The summed E-state index contributed by atoms with van der Waals surface area (Å²) in [6, 6.07) is 0.434. The smallest absolute Gasteiger partial charge is 0.220 e. The minimum absolute atomic E-state index is 0.0132. The molecular weight excluding hydrogens is 260 g/mol. The highest BCUT2D eigenvalue weighted by molar-refractivity contribution is 5.76. The summed E-state index contributed by atoms with van der Waals surface area (Å²) in [5.41, 5.74) is 0. The Morgan fingerprint density at radius 3 is 2.80 bits per heavy atom. The fourth-order valence-corrected chi connectivity index (χ4v) is 1.79. The van der Waals surface area contributed by atoms with Gasteiger partial charge >= 0.3 is 0 Å². The fraction of sp³-hybridized carbons (Fsp3) is 0.929. The molecule has 3 N–H and O–H groups in total. The van der Waals surface area contributed by atoms with Crippen LogP contribution in [0.15, 0.2) is 0 Å². The van der Waals surface area contributed by atoms with Crippen LogP contribution < -0.4 is 10.6 Å². The molecule has 2 atom stereocenters. The molecule has 0 heterocycles. The van der Waals surface area contributed by atoms with Gasteiger partial charge in [0.1, 0.15) is 0 Å². The van der Waals surface area contributed by atoms with E-state index in [9.17, 15) is 9.90 Å². The number of amides is 1. The molecule has 0 saturated heterocycles. The van der Waals surface area contributed by atoms with Crippen LogP contribution in [0, 0.1) is 0 Å². The molecule has 0 aromatic carbocycles. The monoisotopic (exact) mass is 288 g/mol. The highest BCUT2D eigenvalue weighted by Gasteiger charge is 2.22. The van der Waals surface area contributed by atoms with Crippen LogP contribution in [-0.4, -0.2) is 62.7 Å². The predicted molar refractivity (Wildman–Crippen MR) is 76.6 cm³/mol. The molecule has 0 aromatic heterocycles. The Morgan fingerprint density at radius 2 is 2.15 bits per heavy atom. The molecular formula is C14H28N2O4. The lowest BCUT2D eigenvalue weighted by molar-refractivity contribution is -0.121. The summed E-state index contributed by atoms with van der Waals surface area (Å²) in [4.78, 5) is 11.4. The standard InChI is InChI=1S/C14H28N2O4/c1-11(9-19-2)20-10-13(17)8-15-7-3-4-14(18)16-12-5-6-12/h11-13,15,17H,3-10H2,1-2H3,(H,16,18). The molecule has 1 saturated carbocycles. The van der Waals surface area contributed by atoms with Crippen LogP contribution in [0.1, 0.15) is 32.6 Å². The first-order valence-electron chi connectivity index (χ1n) is 7.40. The van der Waals surface area contributed by atoms with Crippen LogP contribution in [0.3, 0.4) is 0 Å². The third-order valence-electron chi connectivity index (χ3n) is 3.05. The molecule has 0 spiro atoms. The van der Waals surface area contributed by atoms with E-state index < -0.39 is 6.10 Å². The number of carbonyl (C=O) groups excluding carboxylic acids is 1. The summed E-state index contributed by atoms with van der Waals surface area (Å²) < 4.78 is 10.4. The van der Waals surface area contributed by atoms with Gasteiger partial charge in [0, 0.05) is 26.1 Å². The number of ether oxygens (including phenoxy) is 2. The Balaban J connectivity index is 1.87. The molecule has 1 rings (SSSR count). The van der Waals surface area contributed by atoms with Crippen molar-refractivity contribution in [3.63, 3.8) is 0 Å². The van der Waals surface area contributed by atoms with Crippen molar-refractivity contribution < 1.29 is 19.4 Å². The van der Waals surface area contributed by atoms with Gasteiger partial charge < -0.3 is 25.2 Å². The van der Waals surface area contributed by atoms with Gasteiger partial charge in [0.05, 0.1) is 25.4 Å².